The summed E-state index contributed by atoms with van der Waals surface area (Å²) in [5.74, 6) is 0.501. The summed E-state index contributed by atoms with van der Waals surface area (Å²) in [6.45, 7) is 0.315. The number of rotatable bonds is 7. The number of hydrogen-bond donors (Lipinski definition) is 1. The molecular weight excluding hydrogens is 356 g/mol. The number of tetrazole rings is 1. The highest BCUT2D eigenvalue weighted by atomic mass is 16.2. The molecule has 28 heavy (non-hydrogen) atoms. The second-order valence-electron chi connectivity index (χ2n) is 6.15. The van der Waals surface area contributed by atoms with Gasteiger partial charge in [-0.15, -0.1) is 5.10 Å². The smallest absolute Gasteiger partial charge is 0.245 e. The van der Waals surface area contributed by atoms with Crippen LogP contribution >= 0.6 is 0 Å². The van der Waals surface area contributed by atoms with Crippen LogP contribution in [0.4, 0.5) is 0 Å². The van der Waals surface area contributed by atoms with Gasteiger partial charge in [0.25, 0.3) is 0 Å². The summed E-state index contributed by atoms with van der Waals surface area (Å²) in [6, 6.07) is 14.8. The summed E-state index contributed by atoms with van der Waals surface area (Å²) in [5, 5.41) is 18.4. The first kappa shape index (κ1) is 17.5. The number of aromatic nitrogens is 7. The molecule has 0 aliphatic heterocycles. The number of nitrogens with zero attached hydrogens (tertiary/aromatic N) is 7. The van der Waals surface area contributed by atoms with Crippen LogP contribution in [0.5, 0.6) is 0 Å². The van der Waals surface area contributed by atoms with Gasteiger partial charge in [-0.1, -0.05) is 36.4 Å². The van der Waals surface area contributed by atoms with E-state index in [9.17, 15) is 4.79 Å². The first-order valence-electron chi connectivity index (χ1n) is 8.79. The van der Waals surface area contributed by atoms with Crippen molar-refractivity contribution in [2.45, 2.75) is 19.0 Å². The molecule has 140 valence electrons. The van der Waals surface area contributed by atoms with Gasteiger partial charge in [0.15, 0.2) is 5.82 Å². The SMILES string of the molecule is O=C(NCc1cccnc1-n1cccn1)C(Cc1ccccc1)n1cnnn1. The van der Waals surface area contributed by atoms with E-state index in [1.54, 1.807) is 17.1 Å². The van der Waals surface area contributed by atoms with Crippen molar-refractivity contribution in [3.8, 4) is 5.82 Å². The lowest BCUT2D eigenvalue weighted by molar-refractivity contribution is -0.124. The van der Waals surface area contributed by atoms with E-state index in [4.69, 9.17) is 0 Å². The number of benzene rings is 1. The number of nitrogens with one attached hydrogen (secondary N) is 1. The Morgan fingerprint density at radius 2 is 1.96 bits per heavy atom. The Labute approximate surface area is 161 Å². The van der Waals surface area contributed by atoms with E-state index >= 15 is 0 Å². The molecular formula is C19H18N8O. The van der Waals surface area contributed by atoms with Crippen LogP contribution in [0.15, 0.2) is 73.4 Å². The van der Waals surface area contributed by atoms with Crippen LogP contribution in [0.2, 0.25) is 0 Å². The molecule has 0 saturated heterocycles. The van der Waals surface area contributed by atoms with Crippen molar-refractivity contribution in [3.05, 3.63) is 84.6 Å². The van der Waals surface area contributed by atoms with Crippen molar-refractivity contribution in [3.63, 3.8) is 0 Å². The molecule has 0 radical (unpaired) electrons. The lowest BCUT2D eigenvalue weighted by Gasteiger charge is -2.17. The van der Waals surface area contributed by atoms with Crippen molar-refractivity contribution >= 4 is 5.91 Å². The third kappa shape index (κ3) is 3.93. The Morgan fingerprint density at radius 3 is 2.71 bits per heavy atom. The summed E-state index contributed by atoms with van der Waals surface area (Å²) in [7, 11) is 0. The van der Waals surface area contributed by atoms with Crippen LogP contribution in [-0.2, 0) is 17.8 Å². The van der Waals surface area contributed by atoms with Gasteiger partial charge in [0.1, 0.15) is 12.4 Å². The molecule has 4 aromatic rings. The topological polar surface area (TPSA) is 103 Å². The van der Waals surface area contributed by atoms with Crippen molar-refractivity contribution in [2.24, 2.45) is 0 Å². The molecule has 1 amide bonds. The number of hydrogen-bond acceptors (Lipinski definition) is 6. The van der Waals surface area contributed by atoms with Gasteiger partial charge in [0.05, 0.1) is 0 Å². The minimum atomic E-state index is -0.553. The van der Waals surface area contributed by atoms with Crippen molar-refractivity contribution in [1.82, 2.24) is 40.3 Å². The zero-order valence-corrected chi connectivity index (χ0v) is 15.0. The minimum absolute atomic E-state index is 0.175. The van der Waals surface area contributed by atoms with E-state index in [0.29, 0.717) is 18.8 Å². The average Bonchev–Trinajstić information content (AvgIpc) is 3.45. The molecule has 3 heterocycles. The number of amides is 1. The highest BCUT2D eigenvalue weighted by molar-refractivity contribution is 5.80. The van der Waals surface area contributed by atoms with E-state index in [-0.39, 0.29) is 5.91 Å². The molecule has 9 nitrogen and oxygen atoms in total. The zero-order chi connectivity index (χ0) is 19.2. The monoisotopic (exact) mass is 374 g/mol. The second-order valence-corrected chi connectivity index (χ2v) is 6.15. The first-order valence-corrected chi connectivity index (χ1v) is 8.79. The van der Waals surface area contributed by atoms with Gasteiger partial charge in [-0.25, -0.2) is 14.3 Å². The van der Waals surface area contributed by atoms with Gasteiger partial charge in [-0.05, 0) is 28.1 Å². The number of pyridine rings is 1. The molecule has 0 aliphatic rings. The van der Waals surface area contributed by atoms with E-state index in [1.165, 1.54) is 11.0 Å². The number of carbonyl (C=O) groups is 1. The summed E-state index contributed by atoms with van der Waals surface area (Å²) in [4.78, 5) is 17.3. The maximum atomic E-state index is 12.9. The molecule has 0 saturated carbocycles. The maximum absolute atomic E-state index is 12.9. The number of carbonyl (C=O) groups excluding carboxylic acids is 1. The van der Waals surface area contributed by atoms with Crippen LogP contribution in [0.1, 0.15) is 17.2 Å². The van der Waals surface area contributed by atoms with Crippen LogP contribution in [0.3, 0.4) is 0 Å². The predicted octanol–water partition coefficient (Wildman–Crippen LogP) is 1.35. The molecule has 1 atom stereocenters. The normalized spacial score (nSPS) is 11.9. The summed E-state index contributed by atoms with van der Waals surface area (Å²) >= 11 is 0. The van der Waals surface area contributed by atoms with Crippen LogP contribution < -0.4 is 5.32 Å². The fourth-order valence-corrected chi connectivity index (χ4v) is 2.92. The molecule has 3 aromatic heterocycles. The Kier molecular flexibility index (Phi) is 5.14. The van der Waals surface area contributed by atoms with Crippen LogP contribution in [-0.4, -0.2) is 40.9 Å². The standard InChI is InChI=1S/C19H18N8O/c28-19(17(27-14-22-24-25-27)12-15-6-2-1-3-7-15)21-13-16-8-4-9-20-18(16)26-11-5-10-23-26/h1-11,14,17H,12-13H2,(H,21,28). The minimum Gasteiger partial charge on any atom is -0.350 e. The summed E-state index contributed by atoms with van der Waals surface area (Å²) < 4.78 is 3.14. The summed E-state index contributed by atoms with van der Waals surface area (Å²) in [5.41, 5.74) is 1.88. The fraction of sp³-hybridized carbons (Fsp3) is 0.158. The molecule has 9 heteroatoms. The van der Waals surface area contributed by atoms with E-state index in [2.05, 4.69) is 30.9 Å². The van der Waals surface area contributed by atoms with E-state index in [1.807, 2.05) is 54.7 Å². The Bertz CT molecular complexity index is 1020. The van der Waals surface area contributed by atoms with E-state index < -0.39 is 6.04 Å². The highest BCUT2D eigenvalue weighted by Gasteiger charge is 2.22. The maximum Gasteiger partial charge on any atom is 0.245 e. The molecule has 0 spiro atoms. The predicted molar refractivity (Wildman–Crippen MR) is 100 cm³/mol. The van der Waals surface area contributed by atoms with Crippen LogP contribution in [0, 0.1) is 0 Å². The second kappa shape index (κ2) is 8.21. The molecule has 4 rings (SSSR count). The molecule has 0 bridgehead atoms. The Hall–Kier alpha value is -3.88. The fourth-order valence-electron chi connectivity index (χ4n) is 2.92. The Morgan fingerprint density at radius 1 is 1.07 bits per heavy atom. The van der Waals surface area contributed by atoms with Gasteiger partial charge in [0, 0.05) is 37.1 Å². The average molecular weight is 374 g/mol. The molecule has 1 unspecified atom stereocenters. The van der Waals surface area contributed by atoms with Gasteiger partial charge in [-0.3, -0.25) is 4.79 Å². The zero-order valence-electron chi connectivity index (χ0n) is 15.0. The molecule has 1 aromatic carbocycles. The highest BCUT2D eigenvalue weighted by Crippen LogP contribution is 2.15. The molecule has 0 aliphatic carbocycles. The van der Waals surface area contributed by atoms with E-state index in [0.717, 1.165) is 11.1 Å². The summed E-state index contributed by atoms with van der Waals surface area (Å²) in [6.07, 6.45) is 7.13. The van der Waals surface area contributed by atoms with Gasteiger partial charge in [-0.2, -0.15) is 5.10 Å². The van der Waals surface area contributed by atoms with Crippen LogP contribution in [0.25, 0.3) is 5.82 Å². The Balaban J connectivity index is 1.51. The van der Waals surface area contributed by atoms with Gasteiger partial charge in [0.2, 0.25) is 5.91 Å². The quantitative estimate of drug-likeness (QED) is 0.524. The van der Waals surface area contributed by atoms with Gasteiger partial charge < -0.3 is 5.32 Å². The third-order valence-corrected chi connectivity index (χ3v) is 4.30. The molecule has 1 N–H and O–H groups in total. The first-order chi connectivity index (χ1) is 13.8. The lowest BCUT2D eigenvalue weighted by Crippen LogP contribution is -2.34. The lowest BCUT2D eigenvalue weighted by atomic mass is 10.1. The van der Waals surface area contributed by atoms with Gasteiger partial charge >= 0.3 is 0 Å². The van der Waals surface area contributed by atoms with Crippen molar-refractivity contribution < 1.29 is 4.79 Å². The van der Waals surface area contributed by atoms with Crippen molar-refractivity contribution in [1.29, 1.82) is 0 Å². The van der Waals surface area contributed by atoms with Crippen molar-refractivity contribution in [2.75, 3.05) is 0 Å². The largest absolute Gasteiger partial charge is 0.350 e. The third-order valence-electron chi connectivity index (χ3n) is 4.30. The molecule has 0 fully saturated rings.